The Morgan fingerprint density at radius 3 is 2.33 bits per heavy atom. The van der Waals surface area contributed by atoms with Crippen molar-refractivity contribution in [1.82, 2.24) is 0 Å². The van der Waals surface area contributed by atoms with Crippen molar-refractivity contribution < 1.29 is 49.3 Å². The number of aliphatic hydroxyl groups excluding tert-OH is 5. The molecule has 12 nitrogen and oxygen atoms in total. The molecular weight excluding hydrogens is 648 g/mol. The molecule has 1 spiro atoms. The predicted molar refractivity (Wildman–Crippen MR) is 183 cm³/mol. The molecule has 3 heterocycles. The molecule has 262 valence electrons. The van der Waals surface area contributed by atoms with Crippen LogP contribution in [0.2, 0.25) is 18.6 Å². The summed E-state index contributed by atoms with van der Waals surface area (Å²) in [5.41, 5.74) is 0.830. The van der Waals surface area contributed by atoms with E-state index in [4.69, 9.17) is 14.2 Å². The summed E-state index contributed by atoms with van der Waals surface area (Å²) in [5.74, 6) is -0.703. The lowest BCUT2D eigenvalue weighted by molar-refractivity contribution is -0.274. The average Bonchev–Trinajstić information content (AvgIpc) is 3.52. The Bertz CT molecular complexity index is 1670. The summed E-state index contributed by atoms with van der Waals surface area (Å²) >= 11 is 0. The van der Waals surface area contributed by atoms with E-state index in [2.05, 4.69) is 30.5 Å². The Morgan fingerprint density at radius 2 is 1.67 bits per heavy atom. The highest BCUT2D eigenvalue weighted by Crippen LogP contribution is 2.60. The first kappa shape index (κ1) is 35.2. The molecule has 3 aromatic rings. The molecule has 6 N–H and O–H groups in total. The lowest BCUT2D eigenvalue weighted by Crippen LogP contribution is -2.60. The zero-order valence-corrected chi connectivity index (χ0v) is 28.9. The van der Waals surface area contributed by atoms with Gasteiger partial charge in [-0.25, -0.2) is 0 Å². The maximum atomic E-state index is 14.9. The summed E-state index contributed by atoms with van der Waals surface area (Å²) in [7, 11) is -0.800. The summed E-state index contributed by atoms with van der Waals surface area (Å²) in [6.45, 7) is 6.68. The molecule has 0 saturated carbocycles. The van der Waals surface area contributed by atoms with E-state index in [0.29, 0.717) is 17.7 Å². The summed E-state index contributed by atoms with van der Waals surface area (Å²) in [5, 5.41) is 54.5. The van der Waals surface area contributed by atoms with Crippen LogP contribution >= 0.6 is 0 Å². The molecule has 0 radical (unpaired) electrons. The minimum absolute atomic E-state index is 0.0973. The van der Waals surface area contributed by atoms with Crippen LogP contribution in [0.3, 0.4) is 0 Å². The van der Waals surface area contributed by atoms with Gasteiger partial charge in [0.05, 0.1) is 33.5 Å². The second kappa shape index (κ2) is 13.6. The number of carbonyl (C=O) groups is 2. The van der Waals surface area contributed by atoms with E-state index in [1.807, 2.05) is 49.4 Å². The zero-order chi connectivity index (χ0) is 35.2. The maximum Gasteiger partial charge on any atom is 0.264 e. The van der Waals surface area contributed by atoms with Gasteiger partial charge in [-0.3, -0.25) is 9.59 Å². The average molecular weight is 693 g/mol. The maximum absolute atomic E-state index is 14.9. The molecule has 3 aromatic carbocycles. The lowest BCUT2D eigenvalue weighted by Gasteiger charge is -2.37. The van der Waals surface area contributed by atoms with Crippen LogP contribution < -0.4 is 20.1 Å². The number of fused-ring (bicyclic) bond motifs is 2. The first-order valence-corrected chi connectivity index (χ1v) is 19.5. The Kier molecular flexibility index (Phi) is 9.74. The van der Waals surface area contributed by atoms with Crippen molar-refractivity contribution in [2.24, 2.45) is 5.92 Å². The van der Waals surface area contributed by atoms with Crippen LogP contribution in [0.5, 0.6) is 5.75 Å². The Labute approximate surface area is 285 Å². The Hall–Kier alpha value is -3.66. The van der Waals surface area contributed by atoms with Crippen LogP contribution in [0.4, 0.5) is 11.4 Å². The number of amides is 2. The van der Waals surface area contributed by atoms with Crippen LogP contribution in [0.1, 0.15) is 24.5 Å². The van der Waals surface area contributed by atoms with E-state index in [1.54, 1.807) is 30.2 Å². The third kappa shape index (κ3) is 5.97. The summed E-state index contributed by atoms with van der Waals surface area (Å²) in [6, 6.07) is 22.6. The van der Waals surface area contributed by atoms with E-state index in [-0.39, 0.29) is 36.2 Å². The summed E-state index contributed by atoms with van der Waals surface area (Å²) in [4.78, 5) is 29.9. The van der Waals surface area contributed by atoms with Gasteiger partial charge in [-0.1, -0.05) is 67.7 Å². The van der Waals surface area contributed by atoms with Crippen molar-refractivity contribution in [2.45, 2.75) is 80.9 Å². The number of carbonyl (C=O) groups excluding carboxylic acids is 2. The Morgan fingerprint density at radius 1 is 0.980 bits per heavy atom. The van der Waals surface area contributed by atoms with Gasteiger partial charge in [-0.05, 0) is 47.9 Å². The first-order valence-electron chi connectivity index (χ1n) is 16.5. The zero-order valence-electron chi connectivity index (χ0n) is 27.9. The van der Waals surface area contributed by atoms with Crippen molar-refractivity contribution in [3.63, 3.8) is 0 Å². The highest BCUT2D eigenvalue weighted by atomic mass is 28.3. The third-order valence-electron chi connectivity index (χ3n) is 10.5. The number of nitrogens with one attached hydrogen (secondary N) is 1. The van der Waals surface area contributed by atoms with Crippen molar-refractivity contribution in [1.29, 1.82) is 0 Å². The number of aliphatic hydroxyl groups is 5. The van der Waals surface area contributed by atoms with Crippen molar-refractivity contribution in [3.05, 3.63) is 83.9 Å². The van der Waals surface area contributed by atoms with Gasteiger partial charge in [-0.15, -0.1) is 0 Å². The number of methoxy groups -OCH3 is 1. The normalized spacial score (nSPS) is 31.2. The van der Waals surface area contributed by atoms with E-state index in [1.165, 1.54) is 0 Å². The summed E-state index contributed by atoms with van der Waals surface area (Å²) in [6.07, 6.45) is -9.07. The minimum atomic E-state index is -2.42. The van der Waals surface area contributed by atoms with Gasteiger partial charge in [-0.2, -0.15) is 0 Å². The van der Waals surface area contributed by atoms with Crippen LogP contribution in [-0.2, 0) is 31.2 Å². The molecule has 0 bridgehead atoms. The van der Waals surface area contributed by atoms with Crippen molar-refractivity contribution in [2.75, 3.05) is 23.9 Å². The number of ether oxygens (including phenoxy) is 3. The molecule has 13 heteroatoms. The molecule has 3 aliphatic heterocycles. The SMILES string of the molecule is COc1ccc([Si](C)(C)[C@@H]2[C@@H](CCO)O[C@]3(C(=O)N(Cc4ccccc4)c4ccc(NC(=O)[C@H]5O[C@@H](O)[C@H](O)[C@@H](O)[C@@H]5O)cc43)[C@H]2C)cc1. The van der Waals surface area contributed by atoms with Gasteiger partial charge in [0.2, 0.25) is 0 Å². The fourth-order valence-electron chi connectivity index (χ4n) is 8.00. The third-order valence-corrected chi connectivity index (χ3v) is 14.9. The fourth-order valence-corrected chi connectivity index (χ4v) is 12.1. The van der Waals surface area contributed by atoms with Gasteiger partial charge in [0.25, 0.3) is 11.8 Å². The molecule has 6 rings (SSSR count). The van der Waals surface area contributed by atoms with Crippen LogP contribution in [0.15, 0.2) is 72.8 Å². The molecule has 3 aliphatic rings. The van der Waals surface area contributed by atoms with Crippen LogP contribution in [0, 0.1) is 5.92 Å². The molecule has 9 atom stereocenters. The van der Waals surface area contributed by atoms with Crippen LogP contribution in [0.25, 0.3) is 0 Å². The highest BCUT2D eigenvalue weighted by molar-refractivity contribution is 6.91. The van der Waals surface area contributed by atoms with Gasteiger partial charge in [0, 0.05) is 23.8 Å². The molecule has 0 unspecified atom stereocenters. The number of rotatable bonds is 9. The quantitative estimate of drug-likeness (QED) is 0.181. The standard InChI is InChI=1S/C36H44N2O10Si/c1-20-32(49(3,4)24-13-11-23(46-2)12-14-24)27(16-17-39)48-36(20)25-18-22(37-33(43)31-29(41)28(40)30(42)34(44)47-31)10-15-26(25)38(35(36)45)19-21-8-6-5-7-9-21/h5-15,18,20,27-32,34,39-42,44H,16-17,19H2,1-4H3,(H,37,43)/t20-,27+,28-,29-,30+,31-,32-,34+,36+/m0/s1. The molecule has 0 aliphatic carbocycles. The fraction of sp³-hybridized carbons (Fsp3) is 0.444. The minimum Gasteiger partial charge on any atom is -0.497 e. The molecule has 2 amide bonds. The number of nitrogens with zero attached hydrogens (tertiary/aromatic N) is 1. The number of hydrogen-bond donors (Lipinski definition) is 6. The topological polar surface area (TPSA) is 178 Å². The number of anilines is 2. The highest BCUT2D eigenvalue weighted by Gasteiger charge is 2.66. The van der Waals surface area contributed by atoms with E-state index in [9.17, 15) is 35.1 Å². The van der Waals surface area contributed by atoms with Gasteiger partial charge in [0.15, 0.2) is 18.0 Å². The van der Waals surface area contributed by atoms with E-state index < -0.39 is 56.4 Å². The largest absolute Gasteiger partial charge is 0.497 e. The number of benzene rings is 3. The van der Waals surface area contributed by atoms with Crippen LogP contribution in [-0.4, -0.2) is 95.9 Å². The molecular formula is C36H44N2O10Si. The predicted octanol–water partition coefficient (Wildman–Crippen LogP) is 1.58. The van der Waals surface area contributed by atoms with E-state index >= 15 is 0 Å². The smallest absolute Gasteiger partial charge is 0.264 e. The Balaban J connectivity index is 1.41. The van der Waals surface area contributed by atoms with E-state index in [0.717, 1.165) is 16.5 Å². The number of hydrogen-bond acceptors (Lipinski definition) is 10. The van der Waals surface area contributed by atoms with Crippen molar-refractivity contribution in [3.8, 4) is 5.75 Å². The van der Waals surface area contributed by atoms with Gasteiger partial charge >= 0.3 is 0 Å². The van der Waals surface area contributed by atoms with Crippen molar-refractivity contribution >= 4 is 36.4 Å². The molecule has 2 saturated heterocycles. The lowest BCUT2D eigenvalue weighted by atomic mass is 9.82. The molecule has 0 aromatic heterocycles. The second-order valence-electron chi connectivity index (χ2n) is 13.7. The molecule has 2 fully saturated rings. The molecule has 49 heavy (non-hydrogen) atoms. The second-order valence-corrected chi connectivity index (χ2v) is 18.4. The van der Waals surface area contributed by atoms with Gasteiger partial charge < -0.3 is 50.0 Å². The first-order chi connectivity index (χ1) is 23.3. The monoisotopic (exact) mass is 692 g/mol. The summed E-state index contributed by atoms with van der Waals surface area (Å²) < 4.78 is 17.5. The van der Waals surface area contributed by atoms with Gasteiger partial charge in [0.1, 0.15) is 24.1 Å².